The van der Waals surface area contributed by atoms with Gasteiger partial charge in [-0.25, -0.2) is 4.98 Å². The summed E-state index contributed by atoms with van der Waals surface area (Å²) >= 11 is 1.59. The molecule has 0 atom stereocenters. The Labute approximate surface area is 208 Å². The van der Waals surface area contributed by atoms with Crippen molar-refractivity contribution in [3.8, 4) is 28.6 Å². The molecule has 0 saturated carbocycles. The van der Waals surface area contributed by atoms with Gasteiger partial charge >= 0.3 is 0 Å². The molecule has 0 aliphatic rings. The number of ether oxygens (including phenoxy) is 2. The predicted molar refractivity (Wildman–Crippen MR) is 139 cm³/mol. The summed E-state index contributed by atoms with van der Waals surface area (Å²) in [6.07, 6.45) is 1.85. The van der Waals surface area contributed by atoms with Crippen LogP contribution in [0.3, 0.4) is 0 Å². The maximum absolute atomic E-state index is 5.55. The van der Waals surface area contributed by atoms with Gasteiger partial charge in [0.1, 0.15) is 17.3 Å². The maximum Gasteiger partial charge on any atom is 0.192 e. The van der Waals surface area contributed by atoms with E-state index in [1.807, 2.05) is 72.8 Å². The zero-order chi connectivity index (χ0) is 24.2. The number of thioether (sulfide) groups is 1. The van der Waals surface area contributed by atoms with Crippen LogP contribution in [-0.2, 0) is 12.3 Å². The second-order valence-corrected chi connectivity index (χ2v) is 8.69. The molecular weight excluding hydrogens is 458 g/mol. The fourth-order valence-electron chi connectivity index (χ4n) is 4.04. The molecule has 35 heavy (non-hydrogen) atoms. The minimum atomic E-state index is 0.581. The summed E-state index contributed by atoms with van der Waals surface area (Å²) in [7, 11) is 3.33. The van der Waals surface area contributed by atoms with Gasteiger partial charge in [-0.15, -0.1) is 16.8 Å². The number of allylic oxidation sites excluding steroid dienone is 1. The van der Waals surface area contributed by atoms with Crippen LogP contribution in [0.25, 0.3) is 28.1 Å². The monoisotopic (exact) mass is 483 g/mol. The number of hydrogen-bond donors (Lipinski definition) is 0. The molecule has 176 valence electrons. The molecule has 0 aliphatic heterocycles. The number of fused-ring (bicyclic) bond motifs is 1. The Morgan fingerprint density at radius 2 is 1.69 bits per heavy atom. The van der Waals surface area contributed by atoms with E-state index in [4.69, 9.17) is 14.5 Å². The molecule has 0 amide bonds. The van der Waals surface area contributed by atoms with Gasteiger partial charge in [-0.3, -0.25) is 9.13 Å². The van der Waals surface area contributed by atoms with Gasteiger partial charge in [-0.05, 0) is 48.5 Å². The van der Waals surface area contributed by atoms with Crippen molar-refractivity contribution in [1.29, 1.82) is 0 Å². The summed E-state index contributed by atoms with van der Waals surface area (Å²) in [6.45, 7) is 4.51. The number of hydrogen-bond acceptors (Lipinski definition) is 6. The van der Waals surface area contributed by atoms with Gasteiger partial charge in [0, 0.05) is 12.2 Å². The number of nitrogens with zero attached hydrogens (tertiary/aromatic N) is 5. The molecule has 5 rings (SSSR count). The fraction of sp³-hybridized carbons (Fsp3) is 0.148. The zero-order valence-electron chi connectivity index (χ0n) is 19.6. The Balaban J connectivity index is 1.51. The highest BCUT2D eigenvalue weighted by Gasteiger charge is 2.19. The Morgan fingerprint density at radius 1 is 0.914 bits per heavy atom. The van der Waals surface area contributed by atoms with Crippen LogP contribution in [0.2, 0.25) is 0 Å². The minimum Gasteiger partial charge on any atom is -0.497 e. The molecule has 2 aromatic heterocycles. The van der Waals surface area contributed by atoms with Crippen molar-refractivity contribution in [3.63, 3.8) is 0 Å². The molecule has 0 fully saturated rings. The first-order valence-corrected chi connectivity index (χ1v) is 12.1. The Hall–Kier alpha value is -4.04. The van der Waals surface area contributed by atoms with Crippen LogP contribution < -0.4 is 9.47 Å². The van der Waals surface area contributed by atoms with Crippen molar-refractivity contribution in [2.24, 2.45) is 0 Å². The summed E-state index contributed by atoms with van der Waals surface area (Å²) in [5, 5.41) is 9.78. The van der Waals surface area contributed by atoms with E-state index in [1.165, 1.54) is 0 Å². The van der Waals surface area contributed by atoms with Crippen molar-refractivity contribution in [1.82, 2.24) is 24.3 Å². The van der Waals surface area contributed by atoms with Gasteiger partial charge in [0.2, 0.25) is 0 Å². The third-order valence-electron chi connectivity index (χ3n) is 5.67. The molecule has 0 saturated heterocycles. The number of para-hydroxylation sites is 3. The average Bonchev–Trinajstić information content (AvgIpc) is 3.48. The minimum absolute atomic E-state index is 0.581. The molecule has 7 nitrogen and oxygen atoms in total. The lowest BCUT2D eigenvalue weighted by Crippen LogP contribution is -2.03. The summed E-state index contributed by atoms with van der Waals surface area (Å²) < 4.78 is 15.1. The van der Waals surface area contributed by atoms with Gasteiger partial charge < -0.3 is 9.47 Å². The number of imidazole rings is 1. The van der Waals surface area contributed by atoms with Crippen molar-refractivity contribution in [3.05, 3.63) is 91.3 Å². The Morgan fingerprint density at radius 3 is 2.46 bits per heavy atom. The lowest BCUT2D eigenvalue weighted by molar-refractivity contribution is 0.414. The first-order chi connectivity index (χ1) is 17.2. The van der Waals surface area contributed by atoms with E-state index >= 15 is 0 Å². The Kier molecular flexibility index (Phi) is 6.54. The number of aromatic nitrogens is 5. The van der Waals surface area contributed by atoms with Gasteiger partial charge in [-0.1, -0.05) is 42.1 Å². The summed E-state index contributed by atoms with van der Waals surface area (Å²) in [5.74, 6) is 3.85. The van der Waals surface area contributed by atoms with E-state index < -0.39 is 0 Å². The molecule has 0 aliphatic carbocycles. The highest BCUT2D eigenvalue weighted by Crippen LogP contribution is 2.33. The summed E-state index contributed by atoms with van der Waals surface area (Å²) in [5.41, 5.74) is 3.91. The van der Waals surface area contributed by atoms with Crippen LogP contribution >= 0.6 is 11.8 Å². The highest BCUT2D eigenvalue weighted by atomic mass is 32.2. The van der Waals surface area contributed by atoms with Crippen molar-refractivity contribution in [2.75, 3.05) is 14.2 Å². The second kappa shape index (κ2) is 10.1. The van der Waals surface area contributed by atoms with E-state index in [0.717, 1.165) is 50.6 Å². The van der Waals surface area contributed by atoms with Crippen LogP contribution in [0.15, 0.2) is 90.6 Å². The molecule has 8 heteroatoms. The highest BCUT2D eigenvalue weighted by molar-refractivity contribution is 7.98. The van der Waals surface area contributed by atoms with Gasteiger partial charge in [0.15, 0.2) is 11.0 Å². The normalized spacial score (nSPS) is 11.0. The standard InChI is InChI=1S/C27H25N5O2S/c1-4-17-31-26(21-9-5-8-12-24(21)34-3)29-30-27(31)35-18-25-28-22-10-6-7-11-23(22)32(25)19-13-15-20(33-2)16-14-19/h4-16H,1,17-18H2,2-3H3. The molecule has 5 aromatic rings. The largest absolute Gasteiger partial charge is 0.497 e. The van der Waals surface area contributed by atoms with Crippen molar-refractivity contribution in [2.45, 2.75) is 17.5 Å². The van der Waals surface area contributed by atoms with Gasteiger partial charge in [-0.2, -0.15) is 0 Å². The summed E-state index contributed by atoms with van der Waals surface area (Å²) in [6, 6.07) is 24.0. The van der Waals surface area contributed by atoms with E-state index in [1.54, 1.807) is 26.0 Å². The maximum atomic E-state index is 5.55. The molecule has 2 heterocycles. The lowest BCUT2D eigenvalue weighted by Gasteiger charge is -2.12. The third-order valence-corrected chi connectivity index (χ3v) is 6.63. The predicted octanol–water partition coefficient (Wildman–Crippen LogP) is 5.78. The third kappa shape index (κ3) is 4.40. The Bertz CT molecular complexity index is 1470. The molecule has 3 aromatic carbocycles. The average molecular weight is 484 g/mol. The van der Waals surface area contributed by atoms with E-state index in [9.17, 15) is 0 Å². The van der Waals surface area contributed by atoms with Crippen LogP contribution in [0, 0.1) is 0 Å². The fourth-order valence-corrected chi connectivity index (χ4v) is 4.91. The zero-order valence-corrected chi connectivity index (χ0v) is 20.4. The smallest absolute Gasteiger partial charge is 0.192 e. The number of rotatable bonds is 9. The van der Waals surface area contributed by atoms with Crippen LogP contribution in [-0.4, -0.2) is 38.5 Å². The number of methoxy groups -OCH3 is 2. The van der Waals surface area contributed by atoms with Gasteiger partial charge in [0.05, 0.1) is 36.6 Å². The first-order valence-electron chi connectivity index (χ1n) is 11.1. The van der Waals surface area contributed by atoms with Crippen LogP contribution in [0.4, 0.5) is 0 Å². The second-order valence-electron chi connectivity index (χ2n) is 7.74. The first kappa shape index (κ1) is 22.7. The van der Waals surface area contributed by atoms with Crippen LogP contribution in [0.5, 0.6) is 11.5 Å². The van der Waals surface area contributed by atoms with E-state index in [0.29, 0.717) is 12.3 Å². The SMILES string of the molecule is C=CCn1c(SCc2nc3ccccc3n2-c2ccc(OC)cc2)nnc1-c1ccccc1OC. The molecular formula is C27H25N5O2S. The topological polar surface area (TPSA) is 67.0 Å². The molecule has 0 bridgehead atoms. The van der Waals surface area contributed by atoms with Gasteiger partial charge in [0.25, 0.3) is 0 Å². The summed E-state index contributed by atoms with van der Waals surface area (Å²) in [4.78, 5) is 4.93. The lowest BCUT2D eigenvalue weighted by atomic mass is 10.2. The molecule has 0 spiro atoms. The molecule has 0 radical (unpaired) electrons. The van der Waals surface area contributed by atoms with E-state index in [-0.39, 0.29) is 0 Å². The van der Waals surface area contributed by atoms with Crippen LogP contribution in [0.1, 0.15) is 5.82 Å². The number of benzene rings is 3. The van der Waals surface area contributed by atoms with Crippen molar-refractivity contribution >= 4 is 22.8 Å². The quantitative estimate of drug-likeness (QED) is 0.196. The molecule has 0 N–H and O–H groups in total. The van der Waals surface area contributed by atoms with E-state index in [2.05, 4.69) is 32.0 Å². The van der Waals surface area contributed by atoms with Crippen molar-refractivity contribution < 1.29 is 9.47 Å². The molecule has 0 unspecified atom stereocenters.